The van der Waals surface area contributed by atoms with Crippen molar-refractivity contribution in [1.82, 2.24) is 0 Å². The maximum Gasteiger partial charge on any atom is 0.145 e. The summed E-state index contributed by atoms with van der Waals surface area (Å²) in [4.78, 5) is 10.6. The fraction of sp³-hybridized carbons (Fsp3) is 0.367. The summed E-state index contributed by atoms with van der Waals surface area (Å²) in [5.41, 5.74) is 7.62. The Morgan fingerprint density at radius 3 is 1.74 bits per heavy atom. The van der Waals surface area contributed by atoms with Gasteiger partial charge in [-0.15, -0.1) is 0 Å². The molecule has 0 spiro atoms. The van der Waals surface area contributed by atoms with Crippen LogP contribution >= 0.6 is 0 Å². The molecule has 166 valence electrons. The Kier molecular flexibility index (Phi) is 11.6. The highest BCUT2D eigenvalue weighted by Gasteiger charge is 2.26. The second-order valence-corrected chi connectivity index (χ2v) is 9.13. The van der Waals surface area contributed by atoms with E-state index in [2.05, 4.69) is 71.1 Å². The lowest BCUT2D eigenvalue weighted by Crippen LogP contribution is -2.19. The summed E-state index contributed by atoms with van der Waals surface area (Å²) >= 11 is 0. The van der Waals surface area contributed by atoms with Crippen molar-refractivity contribution in [2.45, 2.75) is 67.7 Å². The van der Waals surface area contributed by atoms with Crippen LogP contribution in [0.15, 0.2) is 106 Å². The second kappa shape index (κ2) is 13.6. The van der Waals surface area contributed by atoms with E-state index >= 15 is 0 Å². The van der Waals surface area contributed by atoms with Gasteiger partial charge in [0.25, 0.3) is 0 Å². The van der Waals surface area contributed by atoms with Crippen LogP contribution in [0.5, 0.6) is 0 Å². The minimum absolute atomic E-state index is 0.286. The highest BCUT2D eigenvalue weighted by atomic mass is 16.1. The van der Waals surface area contributed by atoms with Crippen LogP contribution in [0.1, 0.15) is 67.7 Å². The first-order chi connectivity index (χ1) is 14.7. The van der Waals surface area contributed by atoms with E-state index in [4.69, 9.17) is 0 Å². The Balaban J connectivity index is 2.65. The number of rotatable bonds is 9. The fourth-order valence-corrected chi connectivity index (χ4v) is 3.55. The van der Waals surface area contributed by atoms with Crippen molar-refractivity contribution in [2.75, 3.05) is 0 Å². The van der Waals surface area contributed by atoms with Crippen molar-refractivity contribution in [3.63, 3.8) is 0 Å². The van der Waals surface area contributed by atoms with Crippen LogP contribution in [0.25, 0.3) is 0 Å². The standard InChI is InChI=1S/C30H40O/c1-24(13-8-9-14-25(2)16-11-18-27(4)23-31)15-10-17-26(3)20-21-29-28(5)19-12-22-30(29,6)7/h8-11,13-18,20-21,23H,12,19,22H2,1-7H3/b9-8+,15-10+,16-11+,21-20-,24-13+,25-14+,26-17+,27-18-. The summed E-state index contributed by atoms with van der Waals surface area (Å²) in [5.74, 6) is 0. The Labute approximate surface area is 190 Å². The number of hydrogen-bond acceptors (Lipinski definition) is 1. The van der Waals surface area contributed by atoms with E-state index in [0.29, 0.717) is 0 Å². The summed E-state index contributed by atoms with van der Waals surface area (Å²) in [6.45, 7) is 15.1. The third-order valence-electron chi connectivity index (χ3n) is 5.51. The molecule has 1 heteroatoms. The van der Waals surface area contributed by atoms with E-state index in [1.807, 2.05) is 43.4 Å². The molecule has 1 nitrogen and oxygen atoms in total. The first-order valence-corrected chi connectivity index (χ1v) is 11.2. The van der Waals surface area contributed by atoms with Gasteiger partial charge in [-0.2, -0.15) is 0 Å². The number of allylic oxidation sites excluding steroid dienone is 18. The fourth-order valence-electron chi connectivity index (χ4n) is 3.55. The molecule has 0 fully saturated rings. The smallest absolute Gasteiger partial charge is 0.145 e. The van der Waals surface area contributed by atoms with Gasteiger partial charge in [-0.05, 0) is 70.4 Å². The molecule has 0 aromatic rings. The van der Waals surface area contributed by atoms with Crippen molar-refractivity contribution >= 4 is 6.29 Å². The normalized spacial score (nSPS) is 19.6. The lowest BCUT2D eigenvalue weighted by molar-refractivity contribution is -0.104. The van der Waals surface area contributed by atoms with Gasteiger partial charge in [-0.25, -0.2) is 0 Å². The average molecular weight is 417 g/mol. The molecule has 0 atom stereocenters. The Morgan fingerprint density at radius 2 is 1.23 bits per heavy atom. The zero-order valence-electron chi connectivity index (χ0n) is 20.5. The molecule has 0 aromatic carbocycles. The Hall–Kier alpha value is -2.67. The number of carbonyl (C=O) groups excluding carboxylic acids is 1. The Morgan fingerprint density at radius 1 is 0.742 bits per heavy atom. The van der Waals surface area contributed by atoms with Gasteiger partial charge < -0.3 is 0 Å². The van der Waals surface area contributed by atoms with Gasteiger partial charge in [0.1, 0.15) is 6.29 Å². The minimum Gasteiger partial charge on any atom is -0.298 e. The molecular formula is C30H40O. The molecule has 1 rings (SSSR count). The molecule has 0 N–H and O–H groups in total. The third kappa shape index (κ3) is 10.8. The van der Waals surface area contributed by atoms with Gasteiger partial charge in [0.05, 0.1) is 0 Å². The molecule has 1 aliphatic rings. The summed E-state index contributed by atoms with van der Waals surface area (Å²) in [5, 5.41) is 0. The van der Waals surface area contributed by atoms with Gasteiger partial charge in [0, 0.05) is 0 Å². The molecular weight excluding hydrogens is 376 g/mol. The summed E-state index contributed by atoms with van der Waals surface area (Å²) in [6.07, 6.45) is 29.5. The van der Waals surface area contributed by atoms with Crippen LogP contribution in [0.3, 0.4) is 0 Å². The van der Waals surface area contributed by atoms with Crippen LogP contribution in [0.4, 0.5) is 0 Å². The molecule has 0 aliphatic heterocycles. The maximum atomic E-state index is 10.6. The number of carbonyl (C=O) groups is 1. The molecule has 0 bridgehead atoms. The highest BCUT2D eigenvalue weighted by Crippen LogP contribution is 2.40. The summed E-state index contributed by atoms with van der Waals surface area (Å²) < 4.78 is 0. The monoisotopic (exact) mass is 416 g/mol. The average Bonchev–Trinajstić information content (AvgIpc) is 2.70. The Bertz CT molecular complexity index is 887. The van der Waals surface area contributed by atoms with Crippen molar-refractivity contribution < 1.29 is 4.79 Å². The number of hydrogen-bond donors (Lipinski definition) is 0. The predicted octanol–water partition coefficient (Wildman–Crippen LogP) is 8.72. The van der Waals surface area contributed by atoms with Crippen molar-refractivity contribution in [2.24, 2.45) is 5.41 Å². The lowest BCUT2D eigenvalue weighted by atomic mass is 9.72. The van der Waals surface area contributed by atoms with Crippen LogP contribution in [-0.4, -0.2) is 6.29 Å². The largest absolute Gasteiger partial charge is 0.298 e. The molecule has 31 heavy (non-hydrogen) atoms. The zero-order valence-corrected chi connectivity index (χ0v) is 20.5. The first kappa shape index (κ1) is 26.4. The molecule has 0 aromatic heterocycles. The SMILES string of the molecule is CC1=C(\C=C/C(C)=C/C=C/C(C)=C/C=C/C=C(C)/C=C/C=C(/C)C=O)C(C)(C)CCC1. The van der Waals surface area contributed by atoms with Crippen LogP contribution < -0.4 is 0 Å². The van der Waals surface area contributed by atoms with Gasteiger partial charge in [0.15, 0.2) is 0 Å². The molecule has 0 saturated heterocycles. The van der Waals surface area contributed by atoms with E-state index in [-0.39, 0.29) is 5.41 Å². The van der Waals surface area contributed by atoms with Crippen molar-refractivity contribution in [3.05, 3.63) is 106 Å². The van der Waals surface area contributed by atoms with Crippen LogP contribution in [0, 0.1) is 5.41 Å². The summed E-state index contributed by atoms with van der Waals surface area (Å²) in [6, 6.07) is 0. The molecule has 0 saturated carbocycles. The quantitative estimate of drug-likeness (QED) is 0.209. The molecule has 0 unspecified atom stereocenters. The van der Waals surface area contributed by atoms with Gasteiger partial charge in [-0.3, -0.25) is 4.79 Å². The maximum absolute atomic E-state index is 10.6. The number of aldehydes is 1. The molecule has 1 aliphatic carbocycles. The van der Waals surface area contributed by atoms with E-state index in [1.54, 1.807) is 6.92 Å². The highest BCUT2D eigenvalue weighted by molar-refractivity contribution is 5.72. The van der Waals surface area contributed by atoms with Gasteiger partial charge in [0.2, 0.25) is 0 Å². The van der Waals surface area contributed by atoms with E-state index in [1.165, 1.54) is 41.6 Å². The zero-order chi connectivity index (χ0) is 23.3. The van der Waals surface area contributed by atoms with Crippen molar-refractivity contribution in [1.29, 1.82) is 0 Å². The molecule has 0 radical (unpaired) electrons. The lowest BCUT2D eigenvalue weighted by Gasteiger charge is -2.32. The third-order valence-corrected chi connectivity index (χ3v) is 5.51. The first-order valence-electron chi connectivity index (χ1n) is 11.2. The summed E-state index contributed by atoms with van der Waals surface area (Å²) in [7, 11) is 0. The van der Waals surface area contributed by atoms with E-state index in [0.717, 1.165) is 17.4 Å². The second-order valence-electron chi connectivity index (χ2n) is 9.13. The topological polar surface area (TPSA) is 17.1 Å². The van der Waals surface area contributed by atoms with Crippen LogP contribution in [-0.2, 0) is 4.79 Å². The van der Waals surface area contributed by atoms with Gasteiger partial charge >= 0.3 is 0 Å². The van der Waals surface area contributed by atoms with Gasteiger partial charge in [-0.1, -0.05) is 109 Å². The molecule has 0 heterocycles. The predicted molar refractivity (Wildman–Crippen MR) is 138 cm³/mol. The van der Waals surface area contributed by atoms with Crippen LogP contribution in [0.2, 0.25) is 0 Å². The minimum atomic E-state index is 0.286. The van der Waals surface area contributed by atoms with E-state index < -0.39 is 0 Å². The van der Waals surface area contributed by atoms with Crippen molar-refractivity contribution in [3.8, 4) is 0 Å². The molecule has 0 amide bonds. The van der Waals surface area contributed by atoms with E-state index in [9.17, 15) is 4.79 Å².